The molecule has 3 nitrogen and oxygen atoms in total. The summed E-state index contributed by atoms with van der Waals surface area (Å²) in [6.07, 6.45) is 1.23. The second kappa shape index (κ2) is 9.10. The van der Waals surface area contributed by atoms with Crippen molar-refractivity contribution in [3.05, 3.63) is 60.7 Å². The average molecular weight is 378 g/mol. The molecule has 0 spiro atoms. The fraction of sp³-hybridized carbons (Fsp3) is 0.250. The van der Waals surface area contributed by atoms with E-state index in [-0.39, 0.29) is 10.9 Å². The van der Waals surface area contributed by atoms with E-state index >= 15 is 0 Å². The number of benzene rings is 2. The molecule has 2 aromatic carbocycles. The minimum Gasteiger partial charge on any atom is -0.741 e. The first-order valence-corrected chi connectivity index (χ1v) is 9.80. The molecule has 0 radical (unpaired) electrons. The topological polar surface area (TPSA) is 57.2 Å². The first-order chi connectivity index (χ1) is 11.2. The smallest absolute Gasteiger partial charge is 0.485 e. The van der Waals surface area contributed by atoms with Gasteiger partial charge in [0.05, 0.1) is 10.9 Å². The van der Waals surface area contributed by atoms with Crippen molar-refractivity contribution in [1.82, 2.24) is 0 Å². The van der Waals surface area contributed by atoms with E-state index in [9.17, 15) is 13.2 Å². The van der Waals surface area contributed by atoms with E-state index in [1.54, 1.807) is 0 Å². The van der Waals surface area contributed by atoms with Crippen LogP contribution in [0.1, 0.15) is 13.3 Å². The Labute approximate surface area is 142 Å². The van der Waals surface area contributed by atoms with Crippen LogP contribution in [-0.4, -0.2) is 24.2 Å². The van der Waals surface area contributed by atoms with E-state index in [2.05, 4.69) is 67.6 Å². The Hall–Kier alpha value is -1.51. The maximum atomic E-state index is 10.7. The summed E-state index contributed by atoms with van der Waals surface area (Å²) < 4.78 is 58.9. The van der Waals surface area contributed by atoms with Gasteiger partial charge in [-0.3, -0.25) is 0 Å². The highest BCUT2D eigenvalue weighted by Crippen LogP contribution is 2.23. The van der Waals surface area contributed by atoms with E-state index < -0.39 is 15.6 Å². The number of rotatable bonds is 4. The summed E-state index contributed by atoms with van der Waals surface area (Å²) in [7, 11) is -5.84. The van der Waals surface area contributed by atoms with Crippen molar-refractivity contribution in [3.8, 4) is 0 Å². The highest BCUT2D eigenvalue weighted by molar-refractivity contribution is 7.97. The van der Waals surface area contributed by atoms with Crippen molar-refractivity contribution < 1.29 is 26.1 Å². The molecular formula is C16H17F3O3S2. The number of hydrogen-bond donors (Lipinski definition) is 0. The van der Waals surface area contributed by atoms with Crippen LogP contribution in [0.15, 0.2) is 70.5 Å². The van der Waals surface area contributed by atoms with Crippen molar-refractivity contribution in [2.75, 3.05) is 5.75 Å². The van der Waals surface area contributed by atoms with Gasteiger partial charge in [0.1, 0.15) is 5.75 Å². The molecule has 0 N–H and O–H groups in total. The van der Waals surface area contributed by atoms with Crippen molar-refractivity contribution in [2.45, 2.75) is 28.6 Å². The summed E-state index contributed by atoms with van der Waals surface area (Å²) in [6, 6.07) is 21.7. The van der Waals surface area contributed by atoms with E-state index in [4.69, 9.17) is 13.0 Å². The maximum Gasteiger partial charge on any atom is 0.485 e. The van der Waals surface area contributed by atoms with E-state index in [0.717, 1.165) is 0 Å². The summed E-state index contributed by atoms with van der Waals surface area (Å²) in [5, 5.41) is 0. The third-order valence-electron chi connectivity index (χ3n) is 2.75. The second-order valence-corrected chi connectivity index (χ2v) is 8.12. The summed E-state index contributed by atoms with van der Waals surface area (Å²) in [6.45, 7) is 2.26. The van der Waals surface area contributed by atoms with Crippen LogP contribution in [0.25, 0.3) is 0 Å². The van der Waals surface area contributed by atoms with Crippen LogP contribution in [0.4, 0.5) is 13.2 Å². The van der Waals surface area contributed by atoms with Crippen molar-refractivity contribution >= 4 is 21.0 Å². The third-order valence-corrected chi connectivity index (χ3v) is 5.81. The Morgan fingerprint density at radius 2 is 1.25 bits per heavy atom. The lowest BCUT2D eigenvalue weighted by Crippen LogP contribution is -2.21. The van der Waals surface area contributed by atoms with Crippen LogP contribution >= 0.6 is 0 Å². The van der Waals surface area contributed by atoms with Gasteiger partial charge in [-0.15, -0.1) is 0 Å². The molecule has 0 saturated carbocycles. The third kappa shape index (κ3) is 6.54. The van der Waals surface area contributed by atoms with Gasteiger partial charge in [0, 0.05) is 0 Å². The molecule has 132 valence electrons. The largest absolute Gasteiger partial charge is 0.741 e. The second-order valence-electron chi connectivity index (χ2n) is 4.62. The fourth-order valence-electron chi connectivity index (χ4n) is 1.75. The van der Waals surface area contributed by atoms with Crippen LogP contribution in [0.2, 0.25) is 0 Å². The molecule has 0 aromatic heterocycles. The molecule has 2 aromatic rings. The van der Waals surface area contributed by atoms with E-state index in [1.807, 2.05) is 0 Å². The Balaban J connectivity index is 0.000000307. The summed E-state index contributed by atoms with van der Waals surface area (Å²) in [5.74, 6) is 1.24. The Morgan fingerprint density at radius 1 is 0.917 bits per heavy atom. The number of alkyl halides is 3. The minimum atomic E-state index is -6.09. The molecule has 0 saturated heterocycles. The maximum absolute atomic E-state index is 10.7. The van der Waals surface area contributed by atoms with Gasteiger partial charge < -0.3 is 4.55 Å². The zero-order valence-corrected chi connectivity index (χ0v) is 14.5. The SMILES string of the molecule is CCC[S+](c1ccccc1)c1ccccc1.O=S(=O)([O-])C(F)(F)F. The van der Waals surface area contributed by atoms with Crippen LogP contribution in [0.5, 0.6) is 0 Å². The molecule has 24 heavy (non-hydrogen) atoms. The van der Waals surface area contributed by atoms with Crippen molar-refractivity contribution in [2.24, 2.45) is 0 Å². The summed E-state index contributed by atoms with van der Waals surface area (Å²) in [4.78, 5) is 2.91. The van der Waals surface area contributed by atoms with Gasteiger partial charge in [-0.25, -0.2) is 8.42 Å². The molecule has 0 unspecified atom stereocenters. The molecule has 0 aliphatic rings. The molecule has 0 atom stereocenters. The molecular weight excluding hydrogens is 361 g/mol. The van der Waals surface area contributed by atoms with Crippen LogP contribution in [0, 0.1) is 0 Å². The molecule has 0 aliphatic carbocycles. The normalized spacial score (nSPS) is 11.8. The lowest BCUT2D eigenvalue weighted by Gasteiger charge is -2.08. The lowest BCUT2D eigenvalue weighted by molar-refractivity contribution is -0.0517. The van der Waals surface area contributed by atoms with Gasteiger partial charge in [0.15, 0.2) is 19.9 Å². The molecule has 0 fully saturated rings. The zero-order valence-electron chi connectivity index (χ0n) is 12.9. The predicted octanol–water partition coefficient (Wildman–Crippen LogP) is 4.18. The monoisotopic (exact) mass is 378 g/mol. The first kappa shape index (κ1) is 20.5. The van der Waals surface area contributed by atoms with Crippen LogP contribution in [0.3, 0.4) is 0 Å². The summed E-state index contributed by atoms with van der Waals surface area (Å²) >= 11 is 0. The fourth-order valence-corrected chi connectivity index (χ4v) is 3.87. The van der Waals surface area contributed by atoms with Gasteiger partial charge >= 0.3 is 5.51 Å². The quantitative estimate of drug-likeness (QED) is 0.455. The lowest BCUT2D eigenvalue weighted by atomic mass is 10.4. The van der Waals surface area contributed by atoms with Gasteiger partial charge in [0.25, 0.3) is 0 Å². The van der Waals surface area contributed by atoms with Crippen LogP contribution in [-0.2, 0) is 21.0 Å². The van der Waals surface area contributed by atoms with Gasteiger partial charge in [-0.05, 0) is 30.7 Å². The molecule has 0 amide bonds. The Morgan fingerprint density at radius 3 is 1.50 bits per heavy atom. The van der Waals surface area contributed by atoms with Gasteiger partial charge in [0.2, 0.25) is 0 Å². The van der Waals surface area contributed by atoms with Crippen molar-refractivity contribution in [3.63, 3.8) is 0 Å². The molecule has 2 rings (SSSR count). The minimum absolute atomic E-state index is 0.249. The zero-order chi connectivity index (χ0) is 18.2. The molecule has 0 bridgehead atoms. The Kier molecular flexibility index (Phi) is 7.78. The van der Waals surface area contributed by atoms with Gasteiger partial charge in [-0.2, -0.15) is 13.2 Å². The Bertz CT molecular complexity index is 663. The number of halogens is 3. The molecule has 0 heterocycles. The van der Waals surface area contributed by atoms with E-state index in [1.165, 1.54) is 22.0 Å². The van der Waals surface area contributed by atoms with E-state index in [0.29, 0.717) is 0 Å². The molecule has 8 heteroatoms. The highest BCUT2D eigenvalue weighted by Gasteiger charge is 2.36. The van der Waals surface area contributed by atoms with Crippen molar-refractivity contribution in [1.29, 1.82) is 0 Å². The number of hydrogen-bond acceptors (Lipinski definition) is 3. The standard InChI is InChI=1S/C15H17S.CHF3O3S/c1-2-13-16(14-9-5-3-6-10-14)15-11-7-4-8-12-15;2-1(3,4)8(5,6)7/h3-12H,2,13H2,1H3;(H,5,6,7)/q+1;/p-1. The predicted molar refractivity (Wildman–Crippen MR) is 87.7 cm³/mol. The van der Waals surface area contributed by atoms with Gasteiger partial charge in [-0.1, -0.05) is 43.3 Å². The highest BCUT2D eigenvalue weighted by atomic mass is 32.2. The molecule has 0 aliphatic heterocycles. The summed E-state index contributed by atoms with van der Waals surface area (Å²) in [5.41, 5.74) is -5.65. The average Bonchev–Trinajstić information content (AvgIpc) is 2.53. The van der Waals surface area contributed by atoms with Crippen LogP contribution < -0.4 is 0 Å². The first-order valence-electron chi connectivity index (χ1n) is 7.00.